The molecule has 0 saturated carbocycles. The van der Waals surface area contributed by atoms with Gasteiger partial charge < -0.3 is 19.9 Å². The van der Waals surface area contributed by atoms with Gasteiger partial charge in [-0.05, 0) is 31.0 Å². The van der Waals surface area contributed by atoms with E-state index >= 15 is 0 Å². The van der Waals surface area contributed by atoms with E-state index in [1.54, 1.807) is 23.1 Å². The first-order valence-corrected chi connectivity index (χ1v) is 11.1. The fraction of sp³-hybridized carbons (Fsp3) is 0.545. The van der Waals surface area contributed by atoms with Gasteiger partial charge in [-0.25, -0.2) is 4.79 Å². The number of carbonyl (C=O) groups is 4. The zero-order chi connectivity index (χ0) is 22.7. The summed E-state index contributed by atoms with van der Waals surface area (Å²) in [6.45, 7) is 4.38. The molecule has 2 N–H and O–H groups in total. The molecule has 10 nitrogen and oxygen atoms in total. The average molecular weight is 444 g/mol. The maximum atomic E-state index is 13.2. The highest BCUT2D eigenvalue weighted by Crippen LogP contribution is 2.31. The SMILES string of the molecule is COc1ccc(C(=O)N2CCC(C(=O)N3CCNCC3)CC2)cc1N1CCC(=O)NC1=O. The van der Waals surface area contributed by atoms with Crippen LogP contribution in [0, 0.1) is 5.92 Å². The second-order valence-electron chi connectivity index (χ2n) is 8.28. The molecule has 3 saturated heterocycles. The number of amides is 5. The molecule has 0 aliphatic carbocycles. The number of nitrogens with zero attached hydrogens (tertiary/aromatic N) is 3. The third-order valence-electron chi connectivity index (χ3n) is 6.33. The van der Waals surface area contributed by atoms with E-state index in [1.165, 1.54) is 12.0 Å². The minimum Gasteiger partial charge on any atom is -0.495 e. The minimum atomic E-state index is -0.531. The number of piperazine rings is 1. The van der Waals surface area contributed by atoms with Crippen molar-refractivity contribution in [2.24, 2.45) is 5.92 Å². The van der Waals surface area contributed by atoms with E-state index in [4.69, 9.17) is 4.74 Å². The number of benzene rings is 1. The van der Waals surface area contributed by atoms with Gasteiger partial charge >= 0.3 is 6.03 Å². The number of nitrogens with one attached hydrogen (secondary N) is 2. The fourth-order valence-electron chi connectivity index (χ4n) is 4.48. The van der Waals surface area contributed by atoms with Gasteiger partial charge in [-0.3, -0.25) is 24.6 Å². The van der Waals surface area contributed by atoms with E-state index in [1.807, 2.05) is 4.90 Å². The summed E-state index contributed by atoms with van der Waals surface area (Å²) in [5, 5.41) is 5.54. The largest absolute Gasteiger partial charge is 0.495 e. The molecular formula is C22H29N5O5. The van der Waals surface area contributed by atoms with Crippen LogP contribution in [0.1, 0.15) is 29.6 Å². The Hall–Kier alpha value is -3.14. The van der Waals surface area contributed by atoms with E-state index in [2.05, 4.69) is 10.6 Å². The number of hydrogen-bond donors (Lipinski definition) is 2. The number of likely N-dealkylation sites (tertiary alicyclic amines) is 1. The van der Waals surface area contributed by atoms with Gasteiger partial charge in [0.05, 0.1) is 12.8 Å². The highest BCUT2D eigenvalue weighted by atomic mass is 16.5. The van der Waals surface area contributed by atoms with Gasteiger partial charge in [0.25, 0.3) is 5.91 Å². The van der Waals surface area contributed by atoms with E-state index < -0.39 is 6.03 Å². The zero-order valence-corrected chi connectivity index (χ0v) is 18.3. The van der Waals surface area contributed by atoms with E-state index in [0.717, 1.165) is 26.2 Å². The van der Waals surface area contributed by atoms with E-state index in [9.17, 15) is 19.2 Å². The highest BCUT2D eigenvalue weighted by Gasteiger charge is 2.32. The lowest BCUT2D eigenvalue weighted by atomic mass is 9.94. The van der Waals surface area contributed by atoms with Crippen LogP contribution in [-0.4, -0.2) is 86.5 Å². The van der Waals surface area contributed by atoms with Gasteiger partial charge in [0, 0.05) is 63.7 Å². The van der Waals surface area contributed by atoms with Crippen LogP contribution in [0.25, 0.3) is 0 Å². The Kier molecular flexibility index (Phi) is 6.59. The number of piperidine rings is 1. The first-order valence-electron chi connectivity index (χ1n) is 11.1. The Labute approximate surface area is 186 Å². The number of rotatable bonds is 4. The van der Waals surface area contributed by atoms with Crippen molar-refractivity contribution < 1.29 is 23.9 Å². The molecule has 172 valence electrons. The van der Waals surface area contributed by atoms with Crippen LogP contribution in [0.15, 0.2) is 18.2 Å². The van der Waals surface area contributed by atoms with Crippen molar-refractivity contribution in [3.63, 3.8) is 0 Å². The summed E-state index contributed by atoms with van der Waals surface area (Å²) in [6.07, 6.45) is 1.48. The monoisotopic (exact) mass is 443 g/mol. The maximum absolute atomic E-state index is 13.2. The van der Waals surface area contributed by atoms with Gasteiger partial charge in [0.15, 0.2) is 0 Å². The second-order valence-corrected chi connectivity index (χ2v) is 8.28. The topological polar surface area (TPSA) is 111 Å². The lowest BCUT2D eigenvalue weighted by Crippen LogP contribution is -2.50. The van der Waals surface area contributed by atoms with Crippen molar-refractivity contribution in [3.8, 4) is 5.75 Å². The Morgan fingerprint density at radius 2 is 1.72 bits per heavy atom. The number of methoxy groups -OCH3 is 1. The molecule has 1 aromatic rings. The molecule has 3 aliphatic heterocycles. The average Bonchev–Trinajstić information content (AvgIpc) is 2.83. The number of urea groups is 1. The Bertz CT molecular complexity index is 906. The van der Waals surface area contributed by atoms with E-state index in [-0.39, 0.29) is 36.6 Å². The Morgan fingerprint density at radius 3 is 2.38 bits per heavy atom. The molecule has 0 radical (unpaired) electrons. The van der Waals surface area contributed by atoms with Crippen LogP contribution < -0.4 is 20.3 Å². The van der Waals surface area contributed by atoms with Gasteiger partial charge in [-0.1, -0.05) is 0 Å². The highest BCUT2D eigenvalue weighted by molar-refractivity contribution is 6.07. The number of hydrogen-bond acceptors (Lipinski definition) is 6. The van der Waals surface area contributed by atoms with Gasteiger partial charge in [0.2, 0.25) is 11.8 Å². The summed E-state index contributed by atoms with van der Waals surface area (Å²) >= 11 is 0. The molecule has 5 amide bonds. The number of ether oxygens (including phenoxy) is 1. The predicted octanol–water partition coefficient (Wildman–Crippen LogP) is 0.426. The minimum absolute atomic E-state index is 0.0434. The molecule has 0 atom stereocenters. The molecule has 0 aromatic heterocycles. The van der Waals surface area contributed by atoms with Crippen LogP contribution in [0.3, 0.4) is 0 Å². The van der Waals surface area contributed by atoms with Crippen LogP contribution in [0.2, 0.25) is 0 Å². The molecular weight excluding hydrogens is 414 g/mol. The lowest BCUT2D eigenvalue weighted by Gasteiger charge is -2.36. The summed E-state index contributed by atoms with van der Waals surface area (Å²) in [7, 11) is 1.49. The molecule has 3 aliphatic rings. The molecule has 10 heteroatoms. The first kappa shape index (κ1) is 22.1. The molecule has 3 fully saturated rings. The third-order valence-corrected chi connectivity index (χ3v) is 6.33. The normalized spacial score (nSPS) is 20.2. The molecule has 0 bridgehead atoms. The summed E-state index contributed by atoms with van der Waals surface area (Å²) < 4.78 is 5.37. The van der Waals surface area contributed by atoms with Crippen molar-refractivity contribution in [1.82, 2.24) is 20.4 Å². The molecule has 0 unspecified atom stereocenters. The van der Waals surface area contributed by atoms with Crippen molar-refractivity contribution >= 4 is 29.4 Å². The molecule has 1 aromatic carbocycles. The Morgan fingerprint density at radius 1 is 1.00 bits per heavy atom. The summed E-state index contributed by atoms with van der Waals surface area (Å²) in [5.74, 6) is 0.131. The van der Waals surface area contributed by atoms with Crippen LogP contribution in [-0.2, 0) is 9.59 Å². The standard InChI is InChI=1S/C22H29N5O5/c1-32-18-3-2-16(14-17(18)27-11-6-19(28)24-22(27)31)21(30)25-9-4-15(5-10-25)20(29)26-12-7-23-8-13-26/h2-3,14-15,23H,4-13H2,1H3,(H,24,28,31). The maximum Gasteiger partial charge on any atom is 0.328 e. The van der Waals surface area contributed by atoms with Gasteiger partial charge in [0.1, 0.15) is 5.75 Å². The van der Waals surface area contributed by atoms with Gasteiger partial charge in [-0.15, -0.1) is 0 Å². The number of anilines is 1. The van der Waals surface area contributed by atoms with Gasteiger partial charge in [-0.2, -0.15) is 0 Å². The fourth-order valence-corrected chi connectivity index (χ4v) is 4.48. The third kappa shape index (κ3) is 4.55. The summed E-state index contributed by atoms with van der Waals surface area (Å²) in [6, 6.07) is 4.44. The van der Waals surface area contributed by atoms with Crippen molar-refractivity contribution in [3.05, 3.63) is 23.8 Å². The molecule has 0 spiro atoms. The Balaban J connectivity index is 1.43. The van der Waals surface area contributed by atoms with Crippen molar-refractivity contribution in [2.75, 3.05) is 57.8 Å². The quantitative estimate of drug-likeness (QED) is 0.698. The molecule has 32 heavy (non-hydrogen) atoms. The van der Waals surface area contributed by atoms with Crippen LogP contribution in [0.5, 0.6) is 5.75 Å². The molecule has 4 rings (SSSR count). The summed E-state index contributed by atoms with van der Waals surface area (Å²) in [4.78, 5) is 54.8. The van der Waals surface area contributed by atoms with Crippen molar-refractivity contribution in [2.45, 2.75) is 19.3 Å². The zero-order valence-electron chi connectivity index (χ0n) is 18.3. The van der Waals surface area contributed by atoms with Crippen LogP contribution in [0.4, 0.5) is 10.5 Å². The van der Waals surface area contributed by atoms with Crippen molar-refractivity contribution in [1.29, 1.82) is 0 Å². The lowest BCUT2D eigenvalue weighted by molar-refractivity contribution is -0.137. The molecule has 3 heterocycles. The smallest absolute Gasteiger partial charge is 0.328 e. The summed E-state index contributed by atoms with van der Waals surface area (Å²) in [5.41, 5.74) is 0.893. The number of imide groups is 1. The predicted molar refractivity (Wildman–Crippen MR) is 117 cm³/mol. The van der Waals surface area contributed by atoms with Crippen LogP contribution >= 0.6 is 0 Å². The number of carbonyl (C=O) groups excluding carboxylic acids is 4. The second kappa shape index (κ2) is 9.56. The first-order chi connectivity index (χ1) is 15.5. The van der Waals surface area contributed by atoms with E-state index in [0.29, 0.717) is 42.9 Å².